The molecule has 1 N–H and O–H groups in total. The highest BCUT2D eigenvalue weighted by molar-refractivity contribution is 5.04. The van der Waals surface area contributed by atoms with Gasteiger partial charge in [-0.25, -0.2) is 0 Å². The fourth-order valence-corrected chi connectivity index (χ4v) is 3.28. The normalized spacial score (nSPS) is 33.8. The maximum Gasteiger partial charge on any atom is 0.0462 e. The summed E-state index contributed by atoms with van der Waals surface area (Å²) in [6.07, 6.45) is 6.58. The highest BCUT2D eigenvalue weighted by Crippen LogP contribution is 2.44. The molecule has 0 spiro atoms. The second kappa shape index (κ2) is 6.36. The number of hydrogen-bond donors (Lipinski definition) is 1. The highest BCUT2D eigenvalue weighted by atomic mass is 16.5. The van der Waals surface area contributed by atoms with Gasteiger partial charge in [-0.05, 0) is 51.5 Å². The maximum absolute atomic E-state index is 5.15. The van der Waals surface area contributed by atoms with Gasteiger partial charge in [0.15, 0.2) is 0 Å². The molecule has 0 radical (unpaired) electrons. The molecule has 1 heterocycles. The highest BCUT2D eigenvalue weighted by Gasteiger charge is 2.47. The van der Waals surface area contributed by atoms with Gasteiger partial charge >= 0.3 is 0 Å². The standard InChI is InChI=1S/C15H30N2O/c1-4-14-11-17(9-5-6-10-18-3)15(2,12-16-14)13-7-8-13/h13-14,16H,4-12H2,1-3H3. The first-order valence-electron chi connectivity index (χ1n) is 7.68. The van der Waals surface area contributed by atoms with Crippen molar-refractivity contribution < 1.29 is 4.74 Å². The van der Waals surface area contributed by atoms with E-state index in [-0.39, 0.29) is 0 Å². The van der Waals surface area contributed by atoms with E-state index in [0.717, 1.165) is 12.5 Å². The fraction of sp³-hybridized carbons (Fsp3) is 1.00. The van der Waals surface area contributed by atoms with E-state index < -0.39 is 0 Å². The molecule has 0 aromatic heterocycles. The molecule has 3 nitrogen and oxygen atoms in total. The summed E-state index contributed by atoms with van der Waals surface area (Å²) in [6.45, 7) is 9.33. The van der Waals surface area contributed by atoms with E-state index >= 15 is 0 Å². The monoisotopic (exact) mass is 254 g/mol. The quantitative estimate of drug-likeness (QED) is 0.705. The number of piperazine rings is 1. The summed E-state index contributed by atoms with van der Waals surface area (Å²) in [7, 11) is 1.80. The summed E-state index contributed by atoms with van der Waals surface area (Å²) in [6, 6.07) is 0.694. The van der Waals surface area contributed by atoms with Crippen molar-refractivity contribution in [1.82, 2.24) is 10.2 Å². The van der Waals surface area contributed by atoms with Crippen LogP contribution in [0.1, 0.15) is 46.0 Å². The topological polar surface area (TPSA) is 24.5 Å². The Morgan fingerprint density at radius 2 is 2.11 bits per heavy atom. The summed E-state index contributed by atoms with van der Waals surface area (Å²) < 4.78 is 5.15. The smallest absolute Gasteiger partial charge is 0.0462 e. The zero-order chi connectivity index (χ0) is 13.0. The summed E-state index contributed by atoms with van der Waals surface area (Å²) >= 11 is 0. The van der Waals surface area contributed by atoms with Gasteiger partial charge in [0.05, 0.1) is 0 Å². The maximum atomic E-state index is 5.15. The van der Waals surface area contributed by atoms with Gasteiger partial charge in [0.1, 0.15) is 0 Å². The van der Waals surface area contributed by atoms with Crippen molar-refractivity contribution in [2.45, 2.75) is 57.5 Å². The largest absolute Gasteiger partial charge is 0.385 e. The van der Waals surface area contributed by atoms with Crippen LogP contribution in [0.5, 0.6) is 0 Å². The van der Waals surface area contributed by atoms with E-state index in [1.807, 2.05) is 0 Å². The van der Waals surface area contributed by atoms with Gasteiger partial charge in [-0.1, -0.05) is 6.92 Å². The third-order valence-electron chi connectivity index (χ3n) is 4.89. The minimum atomic E-state index is 0.415. The molecule has 0 aromatic rings. The predicted octanol–water partition coefficient (Wildman–Crippen LogP) is 2.27. The average molecular weight is 254 g/mol. The molecule has 18 heavy (non-hydrogen) atoms. The Kier molecular flexibility index (Phi) is 5.05. The third kappa shape index (κ3) is 3.25. The van der Waals surface area contributed by atoms with E-state index in [9.17, 15) is 0 Å². The van der Waals surface area contributed by atoms with Crippen LogP contribution in [0, 0.1) is 5.92 Å². The first-order chi connectivity index (χ1) is 8.70. The van der Waals surface area contributed by atoms with Gasteiger partial charge in [0.2, 0.25) is 0 Å². The molecule has 2 rings (SSSR count). The van der Waals surface area contributed by atoms with Gasteiger partial charge < -0.3 is 10.1 Å². The number of hydrogen-bond acceptors (Lipinski definition) is 3. The lowest BCUT2D eigenvalue weighted by Gasteiger charge is -2.49. The van der Waals surface area contributed by atoms with E-state index in [1.54, 1.807) is 7.11 Å². The molecule has 0 bridgehead atoms. The molecule has 1 aliphatic carbocycles. The van der Waals surface area contributed by atoms with Crippen LogP contribution in [0.2, 0.25) is 0 Å². The van der Waals surface area contributed by atoms with Crippen LogP contribution in [-0.4, -0.2) is 49.8 Å². The number of ether oxygens (including phenoxy) is 1. The molecule has 2 fully saturated rings. The molecule has 3 heteroatoms. The Morgan fingerprint density at radius 3 is 2.72 bits per heavy atom. The Labute approximate surface area is 112 Å². The van der Waals surface area contributed by atoms with Crippen molar-refractivity contribution in [1.29, 1.82) is 0 Å². The summed E-state index contributed by atoms with van der Waals surface area (Å²) in [5.74, 6) is 0.935. The average Bonchev–Trinajstić information content (AvgIpc) is 3.21. The molecule has 2 aliphatic rings. The lowest BCUT2D eigenvalue weighted by Crippen LogP contribution is -2.64. The van der Waals surface area contributed by atoms with Gasteiger partial charge in [-0.3, -0.25) is 4.90 Å². The summed E-state index contributed by atoms with van der Waals surface area (Å²) in [5, 5.41) is 3.75. The molecule has 1 aliphatic heterocycles. The van der Waals surface area contributed by atoms with Crippen LogP contribution < -0.4 is 5.32 Å². The zero-order valence-electron chi connectivity index (χ0n) is 12.4. The molecule has 1 saturated carbocycles. The van der Waals surface area contributed by atoms with Crippen molar-refractivity contribution in [3.05, 3.63) is 0 Å². The lowest BCUT2D eigenvalue weighted by atomic mass is 9.89. The van der Waals surface area contributed by atoms with Crippen LogP contribution in [-0.2, 0) is 4.74 Å². The van der Waals surface area contributed by atoms with Crippen LogP contribution in [0.15, 0.2) is 0 Å². The third-order valence-corrected chi connectivity index (χ3v) is 4.89. The Morgan fingerprint density at radius 1 is 1.33 bits per heavy atom. The molecule has 0 amide bonds. The zero-order valence-corrected chi connectivity index (χ0v) is 12.4. The van der Waals surface area contributed by atoms with E-state index in [4.69, 9.17) is 4.74 Å². The molecule has 0 aromatic carbocycles. The molecule has 1 saturated heterocycles. The van der Waals surface area contributed by atoms with Gasteiger partial charge in [0, 0.05) is 38.4 Å². The van der Waals surface area contributed by atoms with Crippen molar-refractivity contribution in [3.8, 4) is 0 Å². The predicted molar refractivity (Wildman–Crippen MR) is 75.9 cm³/mol. The van der Waals surface area contributed by atoms with Gasteiger partial charge in [-0.2, -0.15) is 0 Å². The number of rotatable bonds is 7. The Balaban J connectivity index is 1.87. The van der Waals surface area contributed by atoms with Crippen LogP contribution >= 0.6 is 0 Å². The second-order valence-corrected chi connectivity index (χ2v) is 6.26. The number of unbranched alkanes of at least 4 members (excludes halogenated alkanes) is 1. The lowest BCUT2D eigenvalue weighted by molar-refractivity contribution is 0.0312. The summed E-state index contributed by atoms with van der Waals surface area (Å²) in [4.78, 5) is 2.77. The molecule has 106 valence electrons. The molecular formula is C15H30N2O. The van der Waals surface area contributed by atoms with Gasteiger partial charge in [0.25, 0.3) is 0 Å². The number of methoxy groups -OCH3 is 1. The first-order valence-corrected chi connectivity index (χ1v) is 7.68. The van der Waals surface area contributed by atoms with Gasteiger partial charge in [-0.15, -0.1) is 0 Å². The Bertz CT molecular complexity index is 255. The molecule has 2 atom stereocenters. The van der Waals surface area contributed by atoms with E-state index in [1.165, 1.54) is 51.7 Å². The second-order valence-electron chi connectivity index (χ2n) is 6.26. The SMILES string of the molecule is CCC1CN(CCCCOC)C(C)(C2CC2)CN1. The van der Waals surface area contributed by atoms with Crippen molar-refractivity contribution >= 4 is 0 Å². The minimum Gasteiger partial charge on any atom is -0.385 e. The minimum absolute atomic E-state index is 0.415. The number of nitrogens with one attached hydrogen (secondary N) is 1. The summed E-state index contributed by atoms with van der Waals surface area (Å²) in [5.41, 5.74) is 0.415. The van der Waals surface area contributed by atoms with Crippen LogP contribution in [0.25, 0.3) is 0 Å². The van der Waals surface area contributed by atoms with Crippen molar-refractivity contribution in [2.75, 3.05) is 33.4 Å². The van der Waals surface area contributed by atoms with Crippen molar-refractivity contribution in [3.63, 3.8) is 0 Å². The first kappa shape index (κ1) is 14.3. The number of nitrogens with zero attached hydrogens (tertiary/aromatic N) is 1. The van der Waals surface area contributed by atoms with E-state index in [2.05, 4.69) is 24.1 Å². The Hall–Kier alpha value is -0.120. The molecule has 2 unspecified atom stereocenters. The van der Waals surface area contributed by atoms with Crippen molar-refractivity contribution in [2.24, 2.45) is 5.92 Å². The van der Waals surface area contributed by atoms with E-state index in [0.29, 0.717) is 11.6 Å². The van der Waals surface area contributed by atoms with Crippen LogP contribution in [0.4, 0.5) is 0 Å². The molecular weight excluding hydrogens is 224 g/mol. The fourth-order valence-electron chi connectivity index (χ4n) is 3.28. The van der Waals surface area contributed by atoms with Crippen LogP contribution in [0.3, 0.4) is 0 Å².